The molecule has 0 aliphatic rings. The fourth-order valence-electron chi connectivity index (χ4n) is 2.15. The smallest absolute Gasteiger partial charge is 0.277 e. The van der Waals surface area contributed by atoms with Crippen molar-refractivity contribution in [3.05, 3.63) is 58.6 Å². The highest BCUT2D eigenvalue weighted by Gasteiger charge is 2.15. The number of hydrogen-bond acceptors (Lipinski definition) is 9. The number of nitrogens with one attached hydrogen (secondary N) is 1. The van der Waals surface area contributed by atoms with Gasteiger partial charge in [0, 0.05) is 23.9 Å². The maximum absolute atomic E-state index is 10.8. The van der Waals surface area contributed by atoms with Crippen molar-refractivity contribution in [2.45, 2.75) is 11.0 Å². The number of nitro groups is 1. The Bertz CT molecular complexity index is 1040. The van der Waals surface area contributed by atoms with Gasteiger partial charge in [-0.1, -0.05) is 29.1 Å². The van der Waals surface area contributed by atoms with Gasteiger partial charge in [0.05, 0.1) is 10.7 Å². The molecule has 3 aromatic heterocycles. The Labute approximate surface area is 149 Å². The molecule has 4 aromatic rings. The summed E-state index contributed by atoms with van der Waals surface area (Å²) in [6, 6.07) is 9.69. The third-order valence-corrected chi connectivity index (χ3v) is 4.14. The van der Waals surface area contributed by atoms with E-state index in [2.05, 4.69) is 25.3 Å². The first-order chi connectivity index (χ1) is 12.7. The summed E-state index contributed by atoms with van der Waals surface area (Å²) in [5.41, 5.74) is 1.20. The van der Waals surface area contributed by atoms with Gasteiger partial charge in [0.25, 0.3) is 16.8 Å². The summed E-state index contributed by atoms with van der Waals surface area (Å²) in [5.74, 6) is 1.34. The molecule has 1 N–H and O–H groups in total. The van der Waals surface area contributed by atoms with E-state index in [9.17, 15) is 10.1 Å². The van der Waals surface area contributed by atoms with Crippen molar-refractivity contribution in [2.24, 2.45) is 0 Å². The van der Waals surface area contributed by atoms with Gasteiger partial charge in [-0.15, -0.1) is 10.2 Å². The fraction of sp³-hybridized carbons (Fsp3) is 0.0667. The Kier molecular flexibility index (Phi) is 4.19. The second-order valence-corrected chi connectivity index (χ2v) is 5.99. The number of non-ortho nitro benzene ring substituents is 1. The summed E-state index contributed by atoms with van der Waals surface area (Å²) in [5, 5.41) is 23.0. The Morgan fingerprint density at radius 1 is 1.23 bits per heavy atom. The molecule has 0 radical (unpaired) electrons. The quantitative estimate of drug-likeness (QED) is 0.308. The lowest BCUT2D eigenvalue weighted by Crippen LogP contribution is -1.89. The van der Waals surface area contributed by atoms with Gasteiger partial charge in [0.2, 0.25) is 11.7 Å². The fourth-order valence-corrected chi connectivity index (χ4v) is 2.75. The molecule has 0 aliphatic heterocycles. The number of aromatic nitrogens is 5. The number of aromatic amines is 1. The van der Waals surface area contributed by atoms with Crippen LogP contribution < -0.4 is 0 Å². The average molecular weight is 370 g/mol. The van der Waals surface area contributed by atoms with Crippen molar-refractivity contribution >= 4 is 17.4 Å². The van der Waals surface area contributed by atoms with Crippen LogP contribution in [0.2, 0.25) is 0 Å². The lowest BCUT2D eigenvalue weighted by molar-refractivity contribution is -0.384. The van der Waals surface area contributed by atoms with Crippen LogP contribution in [0, 0.1) is 10.1 Å². The van der Waals surface area contributed by atoms with E-state index in [1.807, 2.05) is 12.1 Å². The highest BCUT2D eigenvalue weighted by Crippen LogP contribution is 2.26. The Morgan fingerprint density at radius 3 is 2.96 bits per heavy atom. The number of nitrogens with zero attached hydrogens (tertiary/aromatic N) is 5. The van der Waals surface area contributed by atoms with Gasteiger partial charge in [-0.3, -0.25) is 10.1 Å². The van der Waals surface area contributed by atoms with Crippen molar-refractivity contribution in [2.75, 3.05) is 0 Å². The number of H-pyrrole nitrogens is 1. The molecule has 0 unspecified atom stereocenters. The maximum atomic E-state index is 10.8. The first-order valence-corrected chi connectivity index (χ1v) is 8.35. The van der Waals surface area contributed by atoms with Crippen LogP contribution >= 0.6 is 11.8 Å². The van der Waals surface area contributed by atoms with E-state index in [4.69, 9.17) is 8.94 Å². The largest absolute Gasteiger partial charge is 0.410 e. The van der Waals surface area contributed by atoms with Gasteiger partial charge in [-0.05, 0) is 12.1 Å². The molecule has 0 saturated carbocycles. The van der Waals surface area contributed by atoms with Gasteiger partial charge < -0.3 is 13.9 Å². The molecule has 0 atom stereocenters. The summed E-state index contributed by atoms with van der Waals surface area (Å²) in [6.45, 7) is 0. The van der Waals surface area contributed by atoms with Gasteiger partial charge in [-0.25, -0.2) is 0 Å². The standard InChI is InChI=1S/C15H10N6O4S/c22-21(23)10-4-1-3-9(7-10)13-17-12(25-20-13)8-26-15-19-18-14(24-15)11-5-2-6-16-11/h1-7,16H,8H2. The van der Waals surface area contributed by atoms with Gasteiger partial charge in [0.1, 0.15) is 5.69 Å². The first kappa shape index (κ1) is 16.0. The molecular weight excluding hydrogens is 360 g/mol. The van der Waals surface area contributed by atoms with Gasteiger partial charge in [0.15, 0.2) is 0 Å². The van der Waals surface area contributed by atoms with Crippen molar-refractivity contribution < 1.29 is 13.9 Å². The second-order valence-electron chi connectivity index (χ2n) is 5.06. The van der Waals surface area contributed by atoms with Crippen LogP contribution in [0.3, 0.4) is 0 Å². The number of nitro benzene ring substituents is 1. The zero-order chi connectivity index (χ0) is 17.9. The summed E-state index contributed by atoms with van der Waals surface area (Å²) in [7, 11) is 0. The molecule has 26 heavy (non-hydrogen) atoms. The van der Waals surface area contributed by atoms with Crippen LogP contribution in [0.25, 0.3) is 23.0 Å². The molecule has 130 valence electrons. The minimum absolute atomic E-state index is 0.0362. The Morgan fingerprint density at radius 2 is 2.15 bits per heavy atom. The SMILES string of the molecule is O=[N+]([O-])c1cccc(-c2noc(CSc3nnc(-c4ccc[nH]4)o3)n2)c1. The molecule has 0 aliphatic carbocycles. The molecule has 10 nitrogen and oxygen atoms in total. The third-order valence-electron chi connectivity index (χ3n) is 3.34. The van der Waals surface area contributed by atoms with Crippen LogP contribution in [0.4, 0.5) is 5.69 Å². The molecule has 4 rings (SSSR count). The zero-order valence-electron chi connectivity index (χ0n) is 13.0. The normalized spacial score (nSPS) is 10.9. The average Bonchev–Trinajstić information content (AvgIpc) is 3.40. The third kappa shape index (κ3) is 3.32. The van der Waals surface area contributed by atoms with E-state index >= 15 is 0 Å². The van der Waals surface area contributed by atoms with Crippen molar-refractivity contribution in [1.82, 2.24) is 25.3 Å². The molecule has 0 bridgehead atoms. The predicted molar refractivity (Wildman–Crippen MR) is 90.0 cm³/mol. The highest BCUT2D eigenvalue weighted by atomic mass is 32.2. The summed E-state index contributed by atoms with van der Waals surface area (Å²) in [6.07, 6.45) is 1.76. The molecule has 3 heterocycles. The molecule has 0 amide bonds. The van der Waals surface area contributed by atoms with Crippen LogP contribution in [0.1, 0.15) is 5.89 Å². The van der Waals surface area contributed by atoms with Crippen LogP contribution in [0.15, 0.2) is 56.8 Å². The van der Waals surface area contributed by atoms with Crippen LogP contribution in [0.5, 0.6) is 0 Å². The number of thioether (sulfide) groups is 1. The molecular formula is C15H10N6O4S. The van der Waals surface area contributed by atoms with E-state index < -0.39 is 4.92 Å². The minimum atomic E-state index is -0.475. The number of benzene rings is 1. The van der Waals surface area contributed by atoms with E-state index in [0.29, 0.717) is 28.3 Å². The lowest BCUT2D eigenvalue weighted by Gasteiger charge is -1.94. The van der Waals surface area contributed by atoms with Gasteiger partial charge >= 0.3 is 0 Å². The van der Waals surface area contributed by atoms with Crippen molar-refractivity contribution in [3.8, 4) is 23.0 Å². The summed E-state index contributed by atoms with van der Waals surface area (Å²) < 4.78 is 10.7. The maximum Gasteiger partial charge on any atom is 0.277 e. The highest BCUT2D eigenvalue weighted by molar-refractivity contribution is 7.98. The second kappa shape index (κ2) is 6.80. The first-order valence-electron chi connectivity index (χ1n) is 7.36. The van der Waals surface area contributed by atoms with Crippen LogP contribution in [-0.4, -0.2) is 30.2 Å². The van der Waals surface area contributed by atoms with E-state index in [1.165, 1.54) is 23.9 Å². The molecule has 0 saturated heterocycles. The molecule has 0 spiro atoms. The van der Waals surface area contributed by atoms with E-state index in [0.717, 1.165) is 5.69 Å². The number of hydrogen-bond donors (Lipinski definition) is 1. The molecule has 1 aromatic carbocycles. The summed E-state index contributed by atoms with van der Waals surface area (Å²) >= 11 is 1.25. The zero-order valence-corrected chi connectivity index (χ0v) is 13.8. The Balaban J connectivity index is 1.44. The van der Waals surface area contributed by atoms with E-state index in [1.54, 1.807) is 18.3 Å². The molecule has 11 heteroatoms. The Hall–Kier alpha value is -3.47. The molecule has 0 fully saturated rings. The minimum Gasteiger partial charge on any atom is -0.410 e. The lowest BCUT2D eigenvalue weighted by atomic mass is 10.2. The predicted octanol–water partition coefficient (Wildman–Crippen LogP) is 3.32. The summed E-state index contributed by atoms with van der Waals surface area (Å²) in [4.78, 5) is 17.6. The monoisotopic (exact) mass is 370 g/mol. The van der Waals surface area contributed by atoms with Crippen LogP contribution in [-0.2, 0) is 5.75 Å². The van der Waals surface area contributed by atoms with Crippen molar-refractivity contribution in [1.29, 1.82) is 0 Å². The topological polar surface area (TPSA) is 137 Å². The van der Waals surface area contributed by atoms with Gasteiger partial charge in [-0.2, -0.15) is 4.98 Å². The number of rotatable bonds is 6. The van der Waals surface area contributed by atoms with Crippen molar-refractivity contribution in [3.63, 3.8) is 0 Å². The van der Waals surface area contributed by atoms with E-state index in [-0.39, 0.29) is 11.5 Å².